The highest BCUT2D eigenvalue weighted by Gasteiger charge is 2.31. The van der Waals surface area contributed by atoms with Crippen molar-refractivity contribution in [2.24, 2.45) is 0 Å². The molecule has 0 saturated heterocycles. The fourth-order valence-electron chi connectivity index (χ4n) is 3.30. The fourth-order valence-corrected chi connectivity index (χ4v) is 6.08. The third-order valence-electron chi connectivity index (χ3n) is 5.11. The Kier molecular flexibility index (Phi) is 8.24. The van der Waals surface area contributed by atoms with Crippen LogP contribution < -0.4 is 15.4 Å². The number of carbonyl (C=O) groups is 2. The molecule has 3 aromatic rings. The van der Waals surface area contributed by atoms with Crippen molar-refractivity contribution in [1.82, 2.24) is 10.6 Å². The van der Waals surface area contributed by atoms with E-state index in [1.165, 1.54) is 11.3 Å². The number of ether oxygens (including phenoxy) is 1. The number of rotatable bonds is 9. The molecular weight excluding hydrogens is 460 g/mol. The molecule has 7 nitrogen and oxygen atoms in total. The van der Waals surface area contributed by atoms with Crippen LogP contribution in [0.2, 0.25) is 0 Å². The van der Waals surface area contributed by atoms with Gasteiger partial charge in [-0.05, 0) is 48.6 Å². The van der Waals surface area contributed by atoms with Gasteiger partial charge in [-0.1, -0.05) is 42.0 Å². The summed E-state index contributed by atoms with van der Waals surface area (Å²) in [6.45, 7) is 1.90. The van der Waals surface area contributed by atoms with Crippen molar-refractivity contribution in [3.05, 3.63) is 82.0 Å². The number of thiophene rings is 1. The van der Waals surface area contributed by atoms with Crippen molar-refractivity contribution >= 4 is 33.0 Å². The highest BCUT2D eigenvalue weighted by atomic mass is 32.2. The average Bonchev–Trinajstić information content (AvgIpc) is 3.34. The van der Waals surface area contributed by atoms with Crippen molar-refractivity contribution < 1.29 is 22.7 Å². The molecule has 0 unspecified atom stereocenters. The SMILES string of the molecule is COc1ccccc1CCNC(=O)C(=O)NC[C@@H](c1cccs1)S(=O)(=O)c1ccc(C)cc1. The summed E-state index contributed by atoms with van der Waals surface area (Å²) in [6.07, 6.45) is 0.489. The van der Waals surface area contributed by atoms with Crippen molar-refractivity contribution in [2.45, 2.75) is 23.5 Å². The number of hydrogen-bond donors (Lipinski definition) is 2. The van der Waals surface area contributed by atoms with Crippen LogP contribution in [0, 0.1) is 6.92 Å². The minimum absolute atomic E-state index is 0.169. The maximum atomic E-state index is 13.3. The van der Waals surface area contributed by atoms with Crippen LogP contribution in [-0.4, -0.2) is 40.4 Å². The summed E-state index contributed by atoms with van der Waals surface area (Å²) in [6, 6.07) is 17.4. The van der Waals surface area contributed by atoms with E-state index in [1.54, 1.807) is 48.9 Å². The molecule has 1 heterocycles. The van der Waals surface area contributed by atoms with Gasteiger partial charge < -0.3 is 15.4 Å². The number of nitrogens with one attached hydrogen (secondary N) is 2. The van der Waals surface area contributed by atoms with Gasteiger partial charge >= 0.3 is 11.8 Å². The summed E-state index contributed by atoms with van der Waals surface area (Å²) in [5.74, 6) is -0.991. The largest absolute Gasteiger partial charge is 0.496 e. The molecule has 0 aliphatic carbocycles. The van der Waals surface area contributed by atoms with Crippen molar-refractivity contribution in [3.63, 3.8) is 0 Å². The minimum atomic E-state index is -3.77. The van der Waals surface area contributed by atoms with Gasteiger partial charge in [0.25, 0.3) is 0 Å². The van der Waals surface area contributed by atoms with Crippen LogP contribution in [0.1, 0.15) is 21.3 Å². The van der Waals surface area contributed by atoms with E-state index in [4.69, 9.17) is 4.74 Å². The van der Waals surface area contributed by atoms with Crippen LogP contribution in [0.3, 0.4) is 0 Å². The van der Waals surface area contributed by atoms with E-state index < -0.39 is 26.9 Å². The smallest absolute Gasteiger partial charge is 0.309 e. The number of para-hydroxylation sites is 1. The topological polar surface area (TPSA) is 102 Å². The standard InChI is InChI=1S/C24H26N2O5S2/c1-17-9-11-19(12-10-17)33(29,30)22(21-8-5-15-32-21)16-26-24(28)23(27)25-14-13-18-6-3-4-7-20(18)31-2/h3-12,15,22H,13-14,16H2,1-2H3,(H,25,27)(H,26,28)/t22-/m0/s1. The van der Waals surface area contributed by atoms with Gasteiger partial charge in [0.2, 0.25) is 0 Å². The molecule has 0 saturated carbocycles. The quantitative estimate of drug-likeness (QED) is 0.453. The molecular formula is C24H26N2O5S2. The van der Waals surface area contributed by atoms with Gasteiger partial charge in [0, 0.05) is 18.0 Å². The predicted octanol–water partition coefficient (Wildman–Crippen LogP) is 3.06. The van der Waals surface area contributed by atoms with Crippen molar-refractivity contribution in [1.29, 1.82) is 0 Å². The summed E-state index contributed by atoms with van der Waals surface area (Å²) in [5, 5.41) is 5.83. The molecule has 1 atom stereocenters. The van der Waals surface area contributed by atoms with Crippen LogP contribution in [0.15, 0.2) is 70.9 Å². The van der Waals surface area contributed by atoms with Crippen molar-refractivity contribution in [3.8, 4) is 5.75 Å². The number of aryl methyl sites for hydroxylation is 1. The zero-order valence-electron chi connectivity index (χ0n) is 18.4. The van der Waals surface area contributed by atoms with Crippen LogP contribution >= 0.6 is 11.3 Å². The summed E-state index contributed by atoms with van der Waals surface area (Å²) >= 11 is 1.29. The molecule has 33 heavy (non-hydrogen) atoms. The van der Waals surface area contributed by atoms with Crippen LogP contribution in [0.25, 0.3) is 0 Å². The Morgan fingerprint density at radius 1 is 0.970 bits per heavy atom. The minimum Gasteiger partial charge on any atom is -0.496 e. The number of amides is 2. The first-order chi connectivity index (χ1) is 15.8. The summed E-state index contributed by atoms with van der Waals surface area (Å²) in [4.78, 5) is 25.4. The molecule has 0 bridgehead atoms. The van der Waals surface area contributed by atoms with Gasteiger partial charge in [0.05, 0.1) is 12.0 Å². The molecule has 2 aromatic carbocycles. The van der Waals surface area contributed by atoms with E-state index in [0.29, 0.717) is 17.0 Å². The normalized spacial score (nSPS) is 12.1. The average molecular weight is 487 g/mol. The first-order valence-corrected chi connectivity index (χ1v) is 12.8. The van der Waals surface area contributed by atoms with Crippen LogP contribution in [0.4, 0.5) is 0 Å². The lowest BCUT2D eigenvalue weighted by atomic mass is 10.1. The van der Waals surface area contributed by atoms with Crippen LogP contribution in [0.5, 0.6) is 5.75 Å². The Morgan fingerprint density at radius 3 is 2.33 bits per heavy atom. The maximum absolute atomic E-state index is 13.3. The maximum Gasteiger partial charge on any atom is 0.309 e. The van der Waals surface area contributed by atoms with E-state index in [0.717, 1.165) is 11.1 Å². The van der Waals surface area contributed by atoms with Gasteiger partial charge in [0.15, 0.2) is 9.84 Å². The third kappa shape index (κ3) is 6.21. The highest BCUT2D eigenvalue weighted by molar-refractivity contribution is 7.91. The molecule has 1 aromatic heterocycles. The van der Waals surface area contributed by atoms with E-state index >= 15 is 0 Å². The third-order valence-corrected chi connectivity index (χ3v) is 8.35. The Balaban J connectivity index is 1.62. The zero-order valence-corrected chi connectivity index (χ0v) is 20.0. The number of benzene rings is 2. The molecule has 2 amide bonds. The van der Waals surface area contributed by atoms with Gasteiger partial charge in [0.1, 0.15) is 11.0 Å². The van der Waals surface area contributed by atoms with Gasteiger partial charge in [-0.2, -0.15) is 0 Å². The Labute approximate surface area is 197 Å². The lowest BCUT2D eigenvalue weighted by Gasteiger charge is -2.17. The van der Waals surface area contributed by atoms with E-state index in [9.17, 15) is 18.0 Å². The Morgan fingerprint density at radius 2 is 1.67 bits per heavy atom. The van der Waals surface area contributed by atoms with Crippen molar-refractivity contribution in [2.75, 3.05) is 20.2 Å². The molecule has 174 valence electrons. The lowest BCUT2D eigenvalue weighted by molar-refractivity contribution is -0.139. The van der Waals surface area contributed by atoms with Gasteiger partial charge in [-0.25, -0.2) is 8.42 Å². The molecule has 3 rings (SSSR count). The number of methoxy groups -OCH3 is 1. The second-order valence-electron chi connectivity index (χ2n) is 7.39. The fraction of sp³-hybridized carbons (Fsp3) is 0.250. The highest BCUT2D eigenvalue weighted by Crippen LogP contribution is 2.31. The second kappa shape index (κ2) is 11.1. The number of hydrogen-bond acceptors (Lipinski definition) is 6. The molecule has 2 N–H and O–H groups in total. The molecule has 0 radical (unpaired) electrons. The van der Waals surface area contributed by atoms with E-state index in [2.05, 4.69) is 10.6 Å². The molecule has 0 fully saturated rings. The summed E-state index contributed by atoms with van der Waals surface area (Å²) in [7, 11) is -2.20. The van der Waals surface area contributed by atoms with Gasteiger partial charge in [-0.15, -0.1) is 11.3 Å². The predicted molar refractivity (Wildman–Crippen MR) is 128 cm³/mol. The Bertz CT molecular complexity index is 1190. The lowest BCUT2D eigenvalue weighted by Crippen LogP contribution is -2.42. The summed E-state index contributed by atoms with van der Waals surface area (Å²) < 4.78 is 31.8. The van der Waals surface area contributed by atoms with E-state index in [1.807, 2.05) is 31.2 Å². The monoisotopic (exact) mass is 486 g/mol. The van der Waals surface area contributed by atoms with Crippen LogP contribution in [-0.2, 0) is 25.8 Å². The number of sulfone groups is 1. The second-order valence-corrected chi connectivity index (χ2v) is 10.5. The first-order valence-electron chi connectivity index (χ1n) is 10.3. The zero-order chi connectivity index (χ0) is 23.8. The molecule has 0 aliphatic heterocycles. The van der Waals surface area contributed by atoms with Gasteiger partial charge in [-0.3, -0.25) is 9.59 Å². The molecule has 9 heteroatoms. The number of carbonyl (C=O) groups excluding carboxylic acids is 2. The first kappa shape index (κ1) is 24.5. The molecule has 0 spiro atoms. The Hall–Kier alpha value is -3.17. The summed E-state index contributed by atoms with van der Waals surface area (Å²) in [5.41, 5.74) is 1.85. The molecule has 0 aliphatic rings. The van der Waals surface area contributed by atoms with E-state index in [-0.39, 0.29) is 18.0 Å².